The fourth-order valence-electron chi connectivity index (χ4n) is 2.38. The van der Waals surface area contributed by atoms with E-state index in [-0.39, 0.29) is 18.9 Å². The number of ether oxygens (including phenoxy) is 1. The highest BCUT2D eigenvalue weighted by Crippen LogP contribution is 2.33. The zero-order valence-corrected chi connectivity index (χ0v) is 10.5. The number of carbonyl (C=O) groups excluding carboxylic acids is 3. The molecule has 1 aliphatic heterocycles. The monoisotopic (exact) mass is 255 g/mol. The van der Waals surface area contributed by atoms with E-state index in [0.717, 1.165) is 12.8 Å². The largest absolute Gasteiger partial charge is 0.534 e. The Morgan fingerprint density at radius 1 is 1.11 bits per heavy atom. The van der Waals surface area contributed by atoms with Crippen LogP contribution in [0.2, 0.25) is 0 Å². The molecule has 0 aromatic heterocycles. The number of hydroxylamine groups is 2. The topological polar surface area (TPSA) is 72.9 Å². The SMILES string of the molecule is C[C@@H]1C[C@@H](OC(=O)ON2C(=O)CCC2=O)C[C@@H]1C. The standard InChI is InChI=1S/C12H17NO5/c1-7-5-9(6-8(7)2)17-12(16)18-13-10(14)3-4-11(13)15/h7-9H,3-6H2,1-2H3/t7-,8+,9-. The second-order valence-corrected chi connectivity index (χ2v) is 5.09. The number of imide groups is 1. The van der Waals surface area contributed by atoms with Gasteiger partial charge in [0, 0.05) is 12.8 Å². The minimum Gasteiger partial charge on any atom is -0.429 e. The summed E-state index contributed by atoms with van der Waals surface area (Å²) in [5, 5.41) is 0.504. The maximum atomic E-state index is 11.5. The first-order chi connectivity index (χ1) is 8.47. The molecule has 1 heterocycles. The first-order valence-electron chi connectivity index (χ1n) is 6.21. The molecule has 1 saturated carbocycles. The number of nitrogens with zero attached hydrogens (tertiary/aromatic N) is 1. The summed E-state index contributed by atoms with van der Waals surface area (Å²) in [5.41, 5.74) is 0. The molecule has 0 spiro atoms. The van der Waals surface area contributed by atoms with Crippen molar-refractivity contribution in [1.82, 2.24) is 5.06 Å². The van der Waals surface area contributed by atoms with Crippen molar-refractivity contribution in [3.63, 3.8) is 0 Å². The van der Waals surface area contributed by atoms with Gasteiger partial charge in [-0.25, -0.2) is 4.79 Å². The summed E-state index contributed by atoms with van der Waals surface area (Å²) in [6.45, 7) is 4.21. The molecule has 100 valence electrons. The molecule has 0 aromatic rings. The molecular formula is C12H17NO5. The predicted octanol–water partition coefficient (Wildman–Crippen LogP) is 1.64. The van der Waals surface area contributed by atoms with Crippen LogP contribution in [-0.4, -0.2) is 29.1 Å². The summed E-state index contributed by atoms with van der Waals surface area (Å²) in [4.78, 5) is 38.6. The summed E-state index contributed by atoms with van der Waals surface area (Å²) in [5.74, 6) is 0.00548. The Kier molecular flexibility index (Phi) is 3.54. The molecule has 0 bridgehead atoms. The van der Waals surface area contributed by atoms with Gasteiger partial charge in [-0.05, 0) is 24.7 Å². The number of rotatable bonds is 2. The zero-order valence-electron chi connectivity index (χ0n) is 10.5. The molecule has 18 heavy (non-hydrogen) atoms. The van der Waals surface area contributed by atoms with Crippen LogP contribution < -0.4 is 0 Å². The third-order valence-corrected chi connectivity index (χ3v) is 3.68. The van der Waals surface area contributed by atoms with Crippen LogP contribution >= 0.6 is 0 Å². The van der Waals surface area contributed by atoms with E-state index < -0.39 is 18.0 Å². The summed E-state index contributed by atoms with van der Waals surface area (Å²) in [6, 6.07) is 0. The quantitative estimate of drug-likeness (QED) is 0.554. The molecule has 6 heteroatoms. The minimum atomic E-state index is -0.968. The van der Waals surface area contributed by atoms with Crippen LogP contribution in [0.3, 0.4) is 0 Å². The number of amides is 2. The molecule has 1 saturated heterocycles. The average Bonchev–Trinajstić information content (AvgIpc) is 2.76. The predicted molar refractivity (Wildman–Crippen MR) is 60.0 cm³/mol. The van der Waals surface area contributed by atoms with E-state index in [1.807, 2.05) is 0 Å². The summed E-state index contributed by atoms with van der Waals surface area (Å²) in [6.07, 6.45) is 0.601. The van der Waals surface area contributed by atoms with Gasteiger partial charge in [0.05, 0.1) is 0 Å². The molecule has 2 fully saturated rings. The molecule has 0 unspecified atom stereocenters. The number of hydrogen-bond acceptors (Lipinski definition) is 5. The molecule has 0 radical (unpaired) electrons. The van der Waals surface area contributed by atoms with Crippen molar-refractivity contribution in [3.05, 3.63) is 0 Å². The lowest BCUT2D eigenvalue weighted by Crippen LogP contribution is -2.33. The van der Waals surface area contributed by atoms with Gasteiger partial charge in [-0.15, -0.1) is 0 Å². The van der Waals surface area contributed by atoms with Crippen LogP contribution in [0.5, 0.6) is 0 Å². The molecule has 2 amide bonds. The molecule has 2 rings (SSSR count). The van der Waals surface area contributed by atoms with E-state index in [9.17, 15) is 14.4 Å². The van der Waals surface area contributed by atoms with Crippen LogP contribution in [0.1, 0.15) is 39.5 Å². The van der Waals surface area contributed by atoms with Crippen molar-refractivity contribution >= 4 is 18.0 Å². The van der Waals surface area contributed by atoms with Gasteiger partial charge in [0.25, 0.3) is 11.8 Å². The van der Waals surface area contributed by atoms with Gasteiger partial charge in [0.15, 0.2) is 0 Å². The van der Waals surface area contributed by atoms with Crippen molar-refractivity contribution in [1.29, 1.82) is 0 Å². The third-order valence-electron chi connectivity index (χ3n) is 3.68. The molecule has 6 nitrogen and oxygen atoms in total. The van der Waals surface area contributed by atoms with Gasteiger partial charge in [-0.3, -0.25) is 14.4 Å². The fourth-order valence-corrected chi connectivity index (χ4v) is 2.38. The van der Waals surface area contributed by atoms with Gasteiger partial charge in [-0.1, -0.05) is 18.9 Å². The first-order valence-corrected chi connectivity index (χ1v) is 6.21. The highest BCUT2D eigenvalue weighted by molar-refractivity contribution is 6.01. The van der Waals surface area contributed by atoms with E-state index in [1.165, 1.54) is 0 Å². The molecular weight excluding hydrogens is 238 g/mol. The molecule has 0 N–H and O–H groups in total. The van der Waals surface area contributed by atoms with Crippen molar-refractivity contribution in [3.8, 4) is 0 Å². The van der Waals surface area contributed by atoms with Crippen LogP contribution in [0.4, 0.5) is 4.79 Å². The van der Waals surface area contributed by atoms with E-state index in [2.05, 4.69) is 18.7 Å². The van der Waals surface area contributed by atoms with Crippen molar-refractivity contribution in [2.45, 2.75) is 45.6 Å². The van der Waals surface area contributed by atoms with Crippen LogP contribution in [0, 0.1) is 11.8 Å². The second-order valence-electron chi connectivity index (χ2n) is 5.09. The van der Waals surface area contributed by atoms with Crippen molar-refractivity contribution in [2.75, 3.05) is 0 Å². The maximum Gasteiger partial charge on any atom is 0.534 e. The summed E-state index contributed by atoms with van der Waals surface area (Å²) >= 11 is 0. The lowest BCUT2D eigenvalue weighted by Gasteiger charge is -2.15. The maximum absolute atomic E-state index is 11.5. The number of hydrogen-bond donors (Lipinski definition) is 0. The van der Waals surface area contributed by atoms with Crippen LogP contribution in [-0.2, 0) is 19.2 Å². The van der Waals surface area contributed by atoms with Gasteiger partial charge < -0.3 is 4.74 Å². The van der Waals surface area contributed by atoms with Gasteiger partial charge in [0.1, 0.15) is 6.10 Å². The summed E-state index contributed by atoms with van der Waals surface area (Å²) < 4.78 is 5.10. The summed E-state index contributed by atoms with van der Waals surface area (Å²) in [7, 11) is 0. The van der Waals surface area contributed by atoms with Crippen molar-refractivity contribution < 1.29 is 24.0 Å². The molecule has 1 aliphatic carbocycles. The van der Waals surface area contributed by atoms with E-state index in [0.29, 0.717) is 16.9 Å². The first kappa shape index (κ1) is 12.9. The highest BCUT2D eigenvalue weighted by Gasteiger charge is 2.36. The van der Waals surface area contributed by atoms with Gasteiger partial charge in [-0.2, -0.15) is 0 Å². The smallest absolute Gasteiger partial charge is 0.429 e. The average molecular weight is 255 g/mol. The minimum absolute atomic E-state index is 0.0869. The lowest BCUT2D eigenvalue weighted by atomic mass is 10.0. The van der Waals surface area contributed by atoms with E-state index in [1.54, 1.807) is 0 Å². The Morgan fingerprint density at radius 2 is 1.61 bits per heavy atom. The van der Waals surface area contributed by atoms with E-state index >= 15 is 0 Å². The Balaban J connectivity index is 1.82. The van der Waals surface area contributed by atoms with E-state index in [4.69, 9.17) is 4.74 Å². The Morgan fingerprint density at radius 3 is 2.11 bits per heavy atom. The Hall–Kier alpha value is -1.59. The molecule has 3 atom stereocenters. The Bertz CT molecular complexity index is 355. The molecule has 2 aliphatic rings. The zero-order chi connectivity index (χ0) is 13.3. The van der Waals surface area contributed by atoms with Gasteiger partial charge >= 0.3 is 6.16 Å². The third kappa shape index (κ3) is 2.63. The Labute approximate surface area is 105 Å². The van der Waals surface area contributed by atoms with Gasteiger partial charge in [0.2, 0.25) is 0 Å². The number of carbonyl (C=O) groups is 3. The van der Waals surface area contributed by atoms with Crippen LogP contribution in [0.25, 0.3) is 0 Å². The fraction of sp³-hybridized carbons (Fsp3) is 0.750. The lowest BCUT2D eigenvalue weighted by molar-refractivity contribution is -0.178. The highest BCUT2D eigenvalue weighted by atomic mass is 16.8. The molecule has 0 aromatic carbocycles. The normalized spacial score (nSPS) is 31.9. The van der Waals surface area contributed by atoms with Crippen molar-refractivity contribution in [2.24, 2.45) is 11.8 Å². The van der Waals surface area contributed by atoms with Crippen LogP contribution in [0.15, 0.2) is 0 Å². The second kappa shape index (κ2) is 4.96.